The lowest BCUT2D eigenvalue weighted by molar-refractivity contribution is 0.721. The van der Waals surface area contributed by atoms with Crippen LogP contribution >= 0.6 is 0 Å². The van der Waals surface area contributed by atoms with E-state index < -0.39 is 0 Å². The maximum Gasteiger partial charge on any atom is 0.274 e. The van der Waals surface area contributed by atoms with E-state index in [-0.39, 0.29) is 11.5 Å². The van der Waals surface area contributed by atoms with Gasteiger partial charge in [-0.3, -0.25) is 9.89 Å². The van der Waals surface area contributed by atoms with Crippen molar-refractivity contribution in [2.75, 3.05) is 13.1 Å². The number of hydrogen-bond acceptors (Lipinski definition) is 4. The summed E-state index contributed by atoms with van der Waals surface area (Å²) in [5.74, 6) is 1.86. The minimum Gasteiger partial charge on any atom is -0.316 e. The molecule has 0 bridgehead atoms. The molecule has 2 N–H and O–H groups in total. The minimum atomic E-state index is -0.0821. The second-order valence-electron chi connectivity index (χ2n) is 5.11. The summed E-state index contributed by atoms with van der Waals surface area (Å²) >= 11 is 0. The average Bonchev–Trinajstić information content (AvgIpc) is 2.97. The van der Waals surface area contributed by atoms with Crippen LogP contribution in [0.2, 0.25) is 0 Å². The predicted octanol–water partition coefficient (Wildman–Crippen LogP) is 0.618. The molecular formula is C12H17N5O. The van der Waals surface area contributed by atoms with Crippen molar-refractivity contribution in [1.82, 2.24) is 24.9 Å². The molecule has 3 rings (SSSR count). The van der Waals surface area contributed by atoms with Crippen molar-refractivity contribution >= 4 is 5.78 Å². The molecule has 1 atom stereocenters. The van der Waals surface area contributed by atoms with Crippen molar-refractivity contribution < 1.29 is 0 Å². The molecule has 0 spiro atoms. The largest absolute Gasteiger partial charge is 0.316 e. The maximum absolute atomic E-state index is 12.0. The highest BCUT2D eigenvalue weighted by atomic mass is 16.1. The first kappa shape index (κ1) is 11.4. The molecule has 1 unspecified atom stereocenters. The van der Waals surface area contributed by atoms with Gasteiger partial charge in [0.2, 0.25) is 0 Å². The van der Waals surface area contributed by atoms with E-state index in [2.05, 4.69) is 20.4 Å². The second kappa shape index (κ2) is 4.20. The van der Waals surface area contributed by atoms with E-state index in [1.807, 2.05) is 13.8 Å². The zero-order chi connectivity index (χ0) is 12.7. The highest BCUT2D eigenvalue weighted by Crippen LogP contribution is 2.19. The van der Waals surface area contributed by atoms with E-state index in [0.717, 1.165) is 31.0 Å². The number of H-pyrrole nitrogens is 1. The molecule has 0 saturated carbocycles. The molecule has 0 radical (unpaired) electrons. The third-order valence-electron chi connectivity index (χ3n) is 3.39. The van der Waals surface area contributed by atoms with Gasteiger partial charge in [-0.1, -0.05) is 13.8 Å². The van der Waals surface area contributed by atoms with Gasteiger partial charge in [0.25, 0.3) is 11.3 Å². The van der Waals surface area contributed by atoms with Crippen molar-refractivity contribution in [3.8, 4) is 0 Å². The molecule has 6 nitrogen and oxygen atoms in total. The fourth-order valence-corrected chi connectivity index (χ4v) is 2.29. The predicted molar refractivity (Wildman–Crippen MR) is 67.9 cm³/mol. The molecule has 18 heavy (non-hydrogen) atoms. The fourth-order valence-electron chi connectivity index (χ4n) is 2.29. The molecule has 6 heteroatoms. The smallest absolute Gasteiger partial charge is 0.274 e. The van der Waals surface area contributed by atoms with Gasteiger partial charge in [-0.25, -0.2) is 4.98 Å². The molecule has 0 amide bonds. The van der Waals surface area contributed by atoms with Crippen molar-refractivity contribution in [2.45, 2.75) is 32.1 Å². The van der Waals surface area contributed by atoms with E-state index in [4.69, 9.17) is 0 Å². The van der Waals surface area contributed by atoms with E-state index in [9.17, 15) is 4.79 Å². The summed E-state index contributed by atoms with van der Waals surface area (Å²) in [6.45, 7) is 5.95. The van der Waals surface area contributed by atoms with E-state index >= 15 is 0 Å². The second-order valence-corrected chi connectivity index (χ2v) is 5.11. The Morgan fingerprint density at radius 1 is 1.44 bits per heavy atom. The zero-order valence-electron chi connectivity index (χ0n) is 10.6. The van der Waals surface area contributed by atoms with Crippen LogP contribution in [0.5, 0.6) is 0 Å². The molecule has 1 saturated heterocycles. The highest BCUT2D eigenvalue weighted by molar-refractivity contribution is 5.30. The van der Waals surface area contributed by atoms with Crippen LogP contribution in [0.4, 0.5) is 0 Å². The van der Waals surface area contributed by atoms with Gasteiger partial charge in [-0.2, -0.15) is 9.50 Å². The first-order chi connectivity index (χ1) is 8.65. The zero-order valence-corrected chi connectivity index (χ0v) is 10.6. The SMILES string of the molecule is CC(C)c1nc2nc(C3CCNC3)cc(=O)n2[nH]1. The van der Waals surface area contributed by atoms with Crippen molar-refractivity contribution in [2.24, 2.45) is 0 Å². The van der Waals surface area contributed by atoms with Gasteiger partial charge in [0, 0.05) is 24.4 Å². The lowest BCUT2D eigenvalue weighted by Gasteiger charge is -2.06. The molecule has 2 aromatic rings. The van der Waals surface area contributed by atoms with Crippen LogP contribution in [0.15, 0.2) is 10.9 Å². The quantitative estimate of drug-likeness (QED) is 0.815. The summed E-state index contributed by atoms with van der Waals surface area (Å²) in [6, 6.07) is 1.62. The van der Waals surface area contributed by atoms with Crippen molar-refractivity contribution in [3.05, 3.63) is 27.9 Å². The third-order valence-corrected chi connectivity index (χ3v) is 3.39. The Labute approximate surface area is 104 Å². The Morgan fingerprint density at radius 2 is 2.28 bits per heavy atom. The van der Waals surface area contributed by atoms with Crippen LogP contribution in [-0.2, 0) is 0 Å². The molecule has 3 heterocycles. The van der Waals surface area contributed by atoms with E-state index in [1.165, 1.54) is 4.52 Å². The maximum atomic E-state index is 12.0. The highest BCUT2D eigenvalue weighted by Gasteiger charge is 2.20. The van der Waals surface area contributed by atoms with E-state index in [0.29, 0.717) is 11.7 Å². The number of nitrogens with zero attached hydrogens (tertiary/aromatic N) is 3. The van der Waals surface area contributed by atoms with Crippen LogP contribution in [0.1, 0.15) is 43.6 Å². The minimum absolute atomic E-state index is 0.0821. The Kier molecular flexibility index (Phi) is 2.66. The monoisotopic (exact) mass is 247 g/mol. The van der Waals surface area contributed by atoms with Gasteiger partial charge in [0.05, 0.1) is 5.69 Å². The molecule has 0 aliphatic carbocycles. The Morgan fingerprint density at radius 3 is 2.94 bits per heavy atom. The summed E-state index contributed by atoms with van der Waals surface area (Å²) in [7, 11) is 0. The Bertz CT molecular complexity index is 621. The number of aromatic nitrogens is 4. The number of hydrogen-bond donors (Lipinski definition) is 2. The number of aromatic amines is 1. The number of fused-ring (bicyclic) bond motifs is 1. The van der Waals surface area contributed by atoms with Crippen LogP contribution in [0.25, 0.3) is 5.78 Å². The summed E-state index contributed by atoms with van der Waals surface area (Å²) in [5.41, 5.74) is 0.771. The lowest BCUT2D eigenvalue weighted by atomic mass is 10.1. The summed E-state index contributed by atoms with van der Waals surface area (Å²) < 4.78 is 1.42. The summed E-state index contributed by atoms with van der Waals surface area (Å²) in [5, 5.41) is 6.28. The Hall–Kier alpha value is -1.69. The normalized spacial score (nSPS) is 20.1. The van der Waals surface area contributed by atoms with Crippen LogP contribution in [0, 0.1) is 0 Å². The van der Waals surface area contributed by atoms with Crippen molar-refractivity contribution in [1.29, 1.82) is 0 Å². The molecule has 0 aromatic carbocycles. The van der Waals surface area contributed by atoms with Crippen molar-refractivity contribution in [3.63, 3.8) is 0 Å². The Balaban J connectivity index is 2.11. The first-order valence-corrected chi connectivity index (χ1v) is 6.35. The average molecular weight is 247 g/mol. The van der Waals surface area contributed by atoms with Gasteiger partial charge < -0.3 is 5.32 Å². The molecule has 1 fully saturated rings. The lowest BCUT2D eigenvalue weighted by Crippen LogP contribution is -2.18. The fraction of sp³-hybridized carbons (Fsp3) is 0.583. The number of rotatable bonds is 2. The van der Waals surface area contributed by atoms with Gasteiger partial charge in [0.15, 0.2) is 0 Å². The summed E-state index contributed by atoms with van der Waals surface area (Å²) in [4.78, 5) is 20.9. The van der Waals surface area contributed by atoms with Gasteiger partial charge in [0.1, 0.15) is 5.82 Å². The van der Waals surface area contributed by atoms with Gasteiger partial charge in [-0.15, -0.1) is 0 Å². The van der Waals surface area contributed by atoms with Gasteiger partial charge in [-0.05, 0) is 13.0 Å². The molecule has 1 aliphatic rings. The first-order valence-electron chi connectivity index (χ1n) is 6.35. The van der Waals surface area contributed by atoms with Gasteiger partial charge >= 0.3 is 0 Å². The standard InChI is InChI=1S/C12H17N5O/c1-7(2)11-15-12-14-9(8-3-4-13-6-8)5-10(18)17(12)16-11/h5,7-8,13H,3-4,6H2,1-2H3,(H,14,15,16). The number of nitrogens with one attached hydrogen (secondary N) is 2. The summed E-state index contributed by atoms with van der Waals surface area (Å²) in [6.07, 6.45) is 1.03. The molecule has 96 valence electrons. The molecular weight excluding hydrogens is 230 g/mol. The van der Waals surface area contributed by atoms with Crippen LogP contribution < -0.4 is 10.9 Å². The molecule has 1 aliphatic heterocycles. The topological polar surface area (TPSA) is 75.1 Å². The van der Waals surface area contributed by atoms with Crippen LogP contribution in [-0.4, -0.2) is 32.7 Å². The molecule has 2 aromatic heterocycles. The van der Waals surface area contributed by atoms with Crippen LogP contribution in [0.3, 0.4) is 0 Å². The van der Waals surface area contributed by atoms with E-state index in [1.54, 1.807) is 6.07 Å². The third kappa shape index (κ3) is 1.82.